The van der Waals surface area contributed by atoms with Crippen LogP contribution in [0, 0.1) is 18.8 Å². The van der Waals surface area contributed by atoms with Gasteiger partial charge in [-0.2, -0.15) is 0 Å². The van der Waals surface area contributed by atoms with E-state index in [0.29, 0.717) is 17.6 Å². The highest BCUT2D eigenvalue weighted by Gasteiger charge is 2.33. The van der Waals surface area contributed by atoms with Crippen LogP contribution in [0.25, 0.3) is 22.0 Å². The van der Waals surface area contributed by atoms with Crippen LogP contribution in [0.4, 0.5) is 11.6 Å². The average molecular weight is 347 g/mol. The number of fused-ring (bicyclic) bond motifs is 1. The van der Waals surface area contributed by atoms with Crippen molar-refractivity contribution in [2.24, 2.45) is 11.8 Å². The topological polar surface area (TPSA) is 93.8 Å². The van der Waals surface area contributed by atoms with Crippen molar-refractivity contribution in [3.05, 3.63) is 42.4 Å². The second-order valence-corrected chi connectivity index (χ2v) is 7.02. The molecule has 26 heavy (non-hydrogen) atoms. The molecule has 1 saturated carbocycles. The third-order valence-electron chi connectivity index (χ3n) is 5.27. The van der Waals surface area contributed by atoms with Crippen LogP contribution in [0.1, 0.15) is 25.3 Å². The van der Waals surface area contributed by atoms with Crippen molar-refractivity contribution in [2.45, 2.75) is 26.7 Å². The minimum absolute atomic E-state index is 0.0426. The number of pyridine rings is 3. The molecule has 0 radical (unpaired) electrons. The summed E-state index contributed by atoms with van der Waals surface area (Å²) in [5.74, 6) is 1.53. The van der Waals surface area contributed by atoms with Crippen LogP contribution in [0.2, 0.25) is 0 Å². The normalized spacial score (nSPS) is 19.2. The van der Waals surface area contributed by atoms with Gasteiger partial charge in [-0.1, -0.05) is 6.92 Å². The molecule has 3 N–H and O–H groups in total. The van der Waals surface area contributed by atoms with Crippen LogP contribution in [-0.4, -0.2) is 20.9 Å². The lowest BCUT2D eigenvalue weighted by Gasteiger charge is -2.32. The minimum Gasteiger partial charge on any atom is -0.383 e. The first-order chi connectivity index (χ1) is 12.5. The molecule has 3 heterocycles. The van der Waals surface area contributed by atoms with Crippen LogP contribution < -0.4 is 11.1 Å². The highest BCUT2D eigenvalue weighted by Crippen LogP contribution is 2.34. The van der Waals surface area contributed by atoms with E-state index in [0.717, 1.165) is 40.4 Å². The first-order valence-corrected chi connectivity index (χ1v) is 8.81. The smallest absolute Gasteiger partial charge is 0.228 e. The number of carbonyl (C=O) groups excluding carboxylic acids is 1. The van der Waals surface area contributed by atoms with Crippen molar-refractivity contribution in [1.82, 2.24) is 15.0 Å². The Kier molecular flexibility index (Phi) is 4.03. The summed E-state index contributed by atoms with van der Waals surface area (Å²) in [4.78, 5) is 25.3. The van der Waals surface area contributed by atoms with Gasteiger partial charge < -0.3 is 11.1 Å². The molecule has 6 nitrogen and oxygen atoms in total. The number of rotatable bonds is 3. The van der Waals surface area contributed by atoms with Gasteiger partial charge in [0.1, 0.15) is 11.6 Å². The van der Waals surface area contributed by atoms with Crippen molar-refractivity contribution in [3.63, 3.8) is 0 Å². The third-order valence-corrected chi connectivity index (χ3v) is 5.27. The Hall–Kier alpha value is -3.02. The molecule has 0 unspecified atom stereocenters. The number of hydrogen-bond donors (Lipinski definition) is 2. The van der Waals surface area contributed by atoms with Gasteiger partial charge in [-0.25, -0.2) is 9.97 Å². The van der Waals surface area contributed by atoms with Crippen LogP contribution in [0.15, 0.2) is 36.8 Å². The van der Waals surface area contributed by atoms with E-state index in [-0.39, 0.29) is 11.8 Å². The quantitative estimate of drug-likeness (QED) is 0.755. The molecular weight excluding hydrogens is 326 g/mol. The predicted octanol–water partition coefficient (Wildman–Crippen LogP) is 3.57. The maximum absolute atomic E-state index is 12.3. The van der Waals surface area contributed by atoms with Crippen LogP contribution >= 0.6 is 0 Å². The number of aromatic nitrogens is 3. The van der Waals surface area contributed by atoms with Gasteiger partial charge >= 0.3 is 0 Å². The van der Waals surface area contributed by atoms with Gasteiger partial charge in [0.05, 0.1) is 5.69 Å². The van der Waals surface area contributed by atoms with Gasteiger partial charge in [0.25, 0.3) is 0 Å². The standard InChI is InChI=1S/C20H21N5O/c1-11-3-4-14(11)20(26)25-18-8-13-7-17(15-9-22-6-5-12(15)2)24-19(21)16(13)10-23-18/h5-11,14H,3-4H2,1-2H3,(H2,21,24)(H,23,25,26)/t11-,14+/m1/s1. The molecule has 1 aliphatic carbocycles. The highest BCUT2D eigenvalue weighted by molar-refractivity contribution is 5.98. The summed E-state index contributed by atoms with van der Waals surface area (Å²) in [5, 5.41) is 4.59. The number of nitrogens with two attached hydrogens (primary N) is 1. The molecule has 3 aromatic heterocycles. The van der Waals surface area contributed by atoms with E-state index < -0.39 is 0 Å². The van der Waals surface area contributed by atoms with E-state index >= 15 is 0 Å². The number of anilines is 2. The zero-order valence-electron chi connectivity index (χ0n) is 14.9. The number of aryl methyl sites for hydroxylation is 1. The van der Waals surface area contributed by atoms with Crippen molar-refractivity contribution in [2.75, 3.05) is 11.1 Å². The number of hydrogen-bond acceptors (Lipinski definition) is 5. The van der Waals surface area contributed by atoms with Gasteiger partial charge in [0.15, 0.2) is 0 Å². The predicted molar refractivity (Wildman–Crippen MR) is 102 cm³/mol. The Morgan fingerprint density at radius 3 is 2.81 bits per heavy atom. The van der Waals surface area contributed by atoms with E-state index in [1.807, 2.05) is 25.1 Å². The Labute approximate surface area is 151 Å². The molecule has 1 amide bonds. The second kappa shape index (κ2) is 6.37. The van der Waals surface area contributed by atoms with E-state index in [1.54, 1.807) is 18.6 Å². The molecular formula is C20H21N5O. The van der Waals surface area contributed by atoms with E-state index in [4.69, 9.17) is 5.73 Å². The maximum Gasteiger partial charge on any atom is 0.228 e. The number of carbonyl (C=O) groups is 1. The third kappa shape index (κ3) is 2.87. The van der Waals surface area contributed by atoms with E-state index in [9.17, 15) is 4.79 Å². The Bertz CT molecular complexity index is 1000. The highest BCUT2D eigenvalue weighted by atomic mass is 16.2. The zero-order valence-corrected chi connectivity index (χ0v) is 14.9. The molecule has 0 aliphatic heterocycles. The van der Waals surface area contributed by atoms with Crippen LogP contribution in [0.3, 0.4) is 0 Å². The van der Waals surface area contributed by atoms with Gasteiger partial charge in [-0.05, 0) is 54.8 Å². The molecule has 4 rings (SSSR count). The fourth-order valence-electron chi connectivity index (χ4n) is 3.39. The van der Waals surface area contributed by atoms with Gasteiger partial charge in [0.2, 0.25) is 5.91 Å². The minimum atomic E-state index is 0.0426. The molecule has 0 saturated heterocycles. The monoisotopic (exact) mass is 347 g/mol. The summed E-state index contributed by atoms with van der Waals surface area (Å²) in [7, 11) is 0. The number of nitrogens with zero attached hydrogens (tertiary/aromatic N) is 3. The van der Waals surface area contributed by atoms with Crippen molar-refractivity contribution in [1.29, 1.82) is 0 Å². The fourth-order valence-corrected chi connectivity index (χ4v) is 3.39. The van der Waals surface area contributed by atoms with Crippen molar-refractivity contribution in [3.8, 4) is 11.3 Å². The average Bonchev–Trinajstić information content (AvgIpc) is 2.60. The molecule has 1 fully saturated rings. The lowest BCUT2D eigenvalue weighted by molar-refractivity contribution is -0.124. The summed E-state index contributed by atoms with van der Waals surface area (Å²) in [5.41, 5.74) is 8.91. The molecule has 0 spiro atoms. The largest absolute Gasteiger partial charge is 0.383 e. The Morgan fingerprint density at radius 2 is 2.12 bits per heavy atom. The summed E-state index contributed by atoms with van der Waals surface area (Å²) in [6, 6.07) is 5.75. The molecule has 2 atom stereocenters. The first kappa shape index (κ1) is 16.4. The molecule has 1 aliphatic rings. The fraction of sp³-hybridized carbons (Fsp3) is 0.300. The van der Waals surface area contributed by atoms with E-state index in [2.05, 4.69) is 27.2 Å². The lowest BCUT2D eigenvalue weighted by atomic mass is 9.74. The first-order valence-electron chi connectivity index (χ1n) is 8.81. The Morgan fingerprint density at radius 1 is 1.27 bits per heavy atom. The van der Waals surface area contributed by atoms with Crippen LogP contribution in [0.5, 0.6) is 0 Å². The summed E-state index contributed by atoms with van der Waals surface area (Å²) in [6.07, 6.45) is 7.26. The zero-order chi connectivity index (χ0) is 18.3. The number of nitrogens with one attached hydrogen (secondary N) is 1. The van der Waals surface area contributed by atoms with Gasteiger partial charge in [-0.3, -0.25) is 9.78 Å². The molecule has 0 bridgehead atoms. The molecule has 3 aromatic rings. The summed E-state index contributed by atoms with van der Waals surface area (Å²) >= 11 is 0. The number of amides is 1. The SMILES string of the molecule is Cc1ccncc1-c1cc2cc(NC(=O)[C@H]3CC[C@H]3C)ncc2c(N)n1. The van der Waals surface area contributed by atoms with E-state index in [1.165, 1.54) is 0 Å². The second-order valence-electron chi connectivity index (χ2n) is 7.02. The van der Waals surface area contributed by atoms with Crippen molar-refractivity contribution < 1.29 is 4.79 Å². The molecule has 132 valence electrons. The van der Waals surface area contributed by atoms with Gasteiger partial charge in [0, 0.05) is 35.5 Å². The maximum atomic E-state index is 12.3. The summed E-state index contributed by atoms with van der Waals surface area (Å²) in [6.45, 7) is 4.12. The lowest BCUT2D eigenvalue weighted by Crippen LogP contribution is -2.35. The molecule has 6 heteroatoms. The van der Waals surface area contributed by atoms with Gasteiger partial charge in [-0.15, -0.1) is 0 Å². The Balaban J connectivity index is 1.70. The number of nitrogen functional groups attached to an aromatic ring is 1. The van der Waals surface area contributed by atoms with Crippen LogP contribution in [-0.2, 0) is 4.79 Å². The van der Waals surface area contributed by atoms with Crippen molar-refractivity contribution >= 4 is 28.3 Å². The summed E-state index contributed by atoms with van der Waals surface area (Å²) < 4.78 is 0. The molecule has 0 aromatic carbocycles.